The van der Waals surface area contributed by atoms with Crippen LogP contribution in [0.4, 0.5) is 0 Å². The number of amides is 1. The Morgan fingerprint density at radius 1 is 1.16 bits per heavy atom. The number of hydrogen-bond acceptors (Lipinski definition) is 4. The zero-order chi connectivity index (χ0) is 21.9. The molecule has 5 nitrogen and oxygen atoms in total. The molecule has 0 atom stereocenters. The van der Waals surface area contributed by atoms with Crippen molar-refractivity contribution in [3.8, 4) is 5.75 Å². The lowest BCUT2D eigenvalue weighted by Gasteiger charge is -2.32. The van der Waals surface area contributed by atoms with Gasteiger partial charge in [0.1, 0.15) is 17.4 Å². The standard InChI is InChI=1S/C26H39N3O2/c1-3-5-9-21-19-22-10-8-15-28-26(22)24(20-21)31-23-12-17-29(18-13-23)16-7-6-11-25(30)27-14-4-2/h8,10,15,19-20,23H,3-7,9,11-14,16-18H2,1-2H3,(H,27,30). The third-order valence-corrected chi connectivity index (χ3v) is 6.08. The first kappa shape index (κ1) is 23.5. The molecule has 5 heteroatoms. The van der Waals surface area contributed by atoms with Gasteiger partial charge in [0, 0.05) is 37.6 Å². The lowest BCUT2D eigenvalue weighted by Crippen LogP contribution is -2.38. The van der Waals surface area contributed by atoms with Gasteiger partial charge in [0.15, 0.2) is 0 Å². The van der Waals surface area contributed by atoms with Gasteiger partial charge >= 0.3 is 0 Å². The molecule has 0 unspecified atom stereocenters. The number of carbonyl (C=O) groups is 1. The Balaban J connectivity index is 1.46. The van der Waals surface area contributed by atoms with Crippen molar-refractivity contribution in [2.24, 2.45) is 0 Å². The minimum atomic E-state index is 0.191. The van der Waals surface area contributed by atoms with Crippen LogP contribution in [0.5, 0.6) is 5.75 Å². The summed E-state index contributed by atoms with van der Waals surface area (Å²) in [5.41, 5.74) is 2.32. The molecular weight excluding hydrogens is 386 g/mol. The molecule has 0 aliphatic carbocycles. The van der Waals surface area contributed by atoms with Crippen LogP contribution in [0.1, 0.15) is 70.8 Å². The van der Waals surface area contributed by atoms with Crippen LogP contribution in [0.3, 0.4) is 0 Å². The predicted octanol–water partition coefficient (Wildman–Crippen LogP) is 5.12. The third-order valence-electron chi connectivity index (χ3n) is 6.08. The highest BCUT2D eigenvalue weighted by molar-refractivity contribution is 5.85. The quantitative estimate of drug-likeness (QED) is 0.480. The highest BCUT2D eigenvalue weighted by Crippen LogP contribution is 2.29. The number of fused-ring (bicyclic) bond motifs is 1. The first-order chi connectivity index (χ1) is 15.2. The molecule has 31 heavy (non-hydrogen) atoms. The molecule has 0 saturated carbocycles. The molecule has 1 N–H and O–H groups in total. The first-order valence-corrected chi connectivity index (χ1v) is 12.2. The molecule has 1 fully saturated rings. The fourth-order valence-electron chi connectivity index (χ4n) is 4.24. The number of unbranched alkanes of at least 4 members (excludes halogenated alkanes) is 2. The van der Waals surface area contributed by atoms with E-state index in [2.05, 4.69) is 47.2 Å². The van der Waals surface area contributed by atoms with E-state index >= 15 is 0 Å². The number of benzene rings is 1. The Kier molecular flexibility index (Phi) is 9.60. The van der Waals surface area contributed by atoms with Crippen molar-refractivity contribution >= 4 is 16.8 Å². The first-order valence-electron chi connectivity index (χ1n) is 12.2. The van der Waals surface area contributed by atoms with E-state index in [1.165, 1.54) is 23.8 Å². The highest BCUT2D eigenvalue weighted by atomic mass is 16.5. The predicted molar refractivity (Wildman–Crippen MR) is 128 cm³/mol. The van der Waals surface area contributed by atoms with Gasteiger partial charge in [-0.05, 0) is 75.3 Å². The molecule has 0 spiro atoms. The van der Waals surface area contributed by atoms with E-state index in [0.717, 1.165) is 76.0 Å². The number of nitrogens with zero attached hydrogens (tertiary/aromatic N) is 2. The molecule has 1 saturated heterocycles. The van der Waals surface area contributed by atoms with Crippen molar-refractivity contribution in [1.82, 2.24) is 15.2 Å². The summed E-state index contributed by atoms with van der Waals surface area (Å²) in [7, 11) is 0. The third kappa shape index (κ3) is 7.49. The Labute approximate surface area is 187 Å². The topological polar surface area (TPSA) is 54.5 Å². The maximum Gasteiger partial charge on any atom is 0.219 e. The summed E-state index contributed by atoms with van der Waals surface area (Å²) in [6.45, 7) is 8.30. The van der Waals surface area contributed by atoms with E-state index in [1.54, 1.807) is 0 Å². The largest absolute Gasteiger partial charge is 0.488 e. The molecule has 1 aliphatic rings. The second-order valence-corrected chi connectivity index (χ2v) is 8.74. The van der Waals surface area contributed by atoms with Crippen LogP contribution in [0.2, 0.25) is 0 Å². The van der Waals surface area contributed by atoms with Crippen LogP contribution in [0.15, 0.2) is 30.5 Å². The van der Waals surface area contributed by atoms with Gasteiger partial charge in [0.05, 0.1) is 0 Å². The second-order valence-electron chi connectivity index (χ2n) is 8.74. The number of piperidine rings is 1. The van der Waals surface area contributed by atoms with Crippen molar-refractivity contribution in [1.29, 1.82) is 0 Å². The number of likely N-dealkylation sites (tertiary alicyclic amines) is 1. The smallest absolute Gasteiger partial charge is 0.219 e. The number of nitrogens with one attached hydrogen (secondary N) is 1. The monoisotopic (exact) mass is 425 g/mol. The number of hydrogen-bond donors (Lipinski definition) is 1. The van der Waals surface area contributed by atoms with Gasteiger partial charge in [0.2, 0.25) is 5.91 Å². The van der Waals surface area contributed by atoms with E-state index in [9.17, 15) is 4.79 Å². The number of aromatic nitrogens is 1. The van der Waals surface area contributed by atoms with Crippen molar-refractivity contribution in [3.63, 3.8) is 0 Å². The lowest BCUT2D eigenvalue weighted by atomic mass is 10.0. The average Bonchev–Trinajstić information content (AvgIpc) is 2.80. The molecule has 0 bridgehead atoms. The van der Waals surface area contributed by atoms with E-state index in [0.29, 0.717) is 6.42 Å². The van der Waals surface area contributed by atoms with Crippen LogP contribution in [0.25, 0.3) is 10.9 Å². The van der Waals surface area contributed by atoms with E-state index in [4.69, 9.17) is 4.74 Å². The molecule has 1 amide bonds. The highest BCUT2D eigenvalue weighted by Gasteiger charge is 2.21. The Hall–Kier alpha value is -2.14. The molecule has 2 aromatic rings. The molecule has 170 valence electrons. The maximum absolute atomic E-state index is 11.7. The molecule has 3 rings (SSSR count). The number of pyridine rings is 1. The Morgan fingerprint density at radius 3 is 2.77 bits per heavy atom. The van der Waals surface area contributed by atoms with Crippen LogP contribution in [0, 0.1) is 0 Å². The zero-order valence-electron chi connectivity index (χ0n) is 19.4. The summed E-state index contributed by atoms with van der Waals surface area (Å²) in [5.74, 6) is 1.14. The summed E-state index contributed by atoms with van der Waals surface area (Å²) in [6, 6.07) is 8.61. The van der Waals surface area contributed by atoms with E-state index < -0.39 is 0 Å². The zero-order valence-corrected chi connectivity index (χ0v) is 19.4. The van der Waals surface area contributed by atoms with Crippen molar-refractivity contribution in [2.45, 2.75) is 77.7 Å². The molecule has 2 heterocycles. The fourth-order valence-corrected chi connectivity index (χ4v) is 4.24. The van der Waals surface area contributed by atoms with Crippen LogP contribution < -0.4 is 10.1 Å². The average molecular weight is 426 g/mol. The molecule has 1 aromatic heterocycles. The molecule has 1 aliphatic heterocycles. The van der Waals surface area contributed by atoms with Crippen LogP contribution in [-0.4, -0.2) is 48.1 Å². The normalized spacial score (nSPS) is 15.3. The minimum absolute atomic E-state index is 0.191. The fraction of sp³-hybridized carbons (Fsp3) is 0.615. The molecular formula is C26H39N3O2. The van der Waals surface area contributed by atoms with Gasteiger partial charge in [0.25, 0.3) is 0 Å². The number of ether oxygens (including phenoxy) is 1. The van der Waals surface area contributed by atoms with Crippen LogP contribution >= 0.6 is 0 Å². The minimum Gasteiger partial charge on any atom is -0.488 e. The molecule has 1 aromatic carbocycles. The van der Waals surface area contributed by atoms with Gasteiger partial charge in [-0.2, -0.15) is 0 Å². The van der Waals surface area contributed by atoms with E-state index in [1.807, 2.05) is 12.3 Å². The van der Waals surface area contributed by atoms with E-state index in [-0.39, 0.29) is 12.0 Å². The summed E-state index contributed by atoms with van der Waals surface area (Å²) < 4.78 is 6.49. The summed E-state index contributed by atoms with van der Waals surface area (Å²) in [5, 5.41) is 4.13. The molecule has 0 radical (unpaired) electrons. The van der Waals surface area contributed by atoms with Gasteiger partial charge in [-0.25, -0.2) is 0 Å². The SMILES string of the molecule is CCCCc1cc(OC2CCN(CCCCC(=O)NCCC)CC2)c2ncccc2c1. The lowest BCUT2D eigenvalue weighted by molar-refractivity contribution is -0.121. The summed E-state index contributed by atoms with van der Waals surface area (Å²) in [4.78, 5) is 18.8. The number of carbonyl (C=O) groups excluding carboxylic acids is 1. The second kappa shape index (κ2) is 12.7. The van der Waals surface area contributed by atoms with Gasteiger partial charge in [-0.1, -0.05) is 26.3 Å². The number of aryl methyl sites for hydroxylation is 1. The van der Waals surface area contributed by atoms with Gasteiger partial charge in [-0.3, -0.25) is 9.78 Å². The summed E-state index contributed by atoms with van der Waals surface area (Å²) >= 11 is 0. The Bertz CT molecular complexity index is 815. The van der Waals surface area contributed by atoms with Crippen molar-refractivity contribution in [3.05, 3.63) is 36.0 Å². The van der Waals surface area contributed by atoms with Gasteiger partial charge < -0.3 is 15.0 Å². The Morgan fingerprint density at radius 2 is 2.00 bits per heavy atom. The summed E-state index contributed by atoms with van der Waals surface area (Å²) in [6.07, 6.45) is 11.4. The number of rotatable bonds is 12. The maximum atomic E-state index is 11.7. The van der Waals surface area contributed by atoms with Gasteiger partial charge in [-0.15, -0.1) is 0 Å². The van der Waals surface area contributed by atoms with Crippen molar-refractivity contribution in [2.75, 3.05) is 26.2 Å². The van der Waals surface area contributed by atoms with Crippen molar-refractivity contribution < 1.29 is 9.53 Å². The van der Waals surface area contributed by atoms with Crippen LogP contribution in [-0.2, 0) is 11.2 Å².